The third-order valence-corrected chi connectivity index (χ3v) is 5.71. The Kier molecular flexibility index (Phi) is 5.37. The van der Waals surface area contributed by atoms with Gasteiger partial charge >= 0.3 is 13.6 Å². The van der Waals surface area contributed by atoms with Gasteiger partial charge in [-0.3, -0.25) is 9.36 Å². The SMILES string of the molecule is CCC(CC(=O)Oc1ccccc1)(c1ccccc1)P(=O)(O)O. The van der Waals surface area contributed by atoms with E-state index in [-0.39, 0.29) is 6.42 Å². The Bertz CT molecular complexity index is 695. The highest BCUT2D eigenvalue weighted by Crippen LogP contribution is 2.61. The van der Waals surface area contributed by atoms with Crippen LogP contribution in [0, 0.1) is 0 Å². The molecule has 6 heteroatoms. The number of benzene rings is 2. The standard InChI is InChI=1S/C17H19O5P/c1-2-17(23(19,20)21,14-9-5-3-6-10-14)13-16(18)22-15-11-7-4-8-12-15/h3-12H,2,13H2,1H3,(H2,19,20,21). The van der Waals surface area contributed by atoms with Crippen molar-refractivity contribution >= 4 is 13.6 Å². The zero-order chi connectivity index (χ0) is 16.9. The highest BCUT2D eigenvalue weighted by molar-refractivity contribution is 7.53. The first-order valence-corrected chi connectivity index (χ1v) is 8.87. The van der Waals surface area contributed by atoms with E-state index >= 15 is 0 Å². The van der Waals surface area contributed by atoms with Crippen molar-refractivity contribution in [1.29, 1.82) is 0 Å². The maximum atomic E-state index is 12.2. The fraction of sp³-hybridized carbons (Fsp3) is 0.235. The van der Waals surface area contributed by atoms with Gasteiger partial charge in [0, 0.05) is 0 Å². The molecule has 0 aromatic heterocycles. The smallest absolute Gasteiger partial charge is 0.336 e. The fourth-order valence-electron chi connectivity index (χ4n) is 2.55. The lowest BCUT2D eigenvalue weighted by Crippen LogP contribution is -2.30. The number of hydrogen-bond acceptors (Lipinski definition) is 3. The van der Waals surface area contributed by atoms with Crippen LogP contribution in [0.2, 0.25) is 0 Å². The van der Waals surface area contributed by atoms with Crippen molar-refractivity contribution in [2.24, 2.45) is 0 Å². The highest BCUT2D eigenvalue weighted by atomic mass is 31.2. The van der Waals surface area contributed by atoms with E-state index in [1.165, 1.54) is 0 Å². The first kappa shape index (κ1) is 17.4. The average Bonchev–Trinajstić information content (AvgIpc) is 2.53. The molecule has 0 saturated heterocycles. The van der Waals surface area contributed by atoms with Gasteiger partial charge in [0.1, 0.15) is 10.9 Å². The van der Waals surface area contributed by atoms with Gasteiger partial charge < -0.3 is 14.5 Å². The second kappa shape index (κ2) is 7.09. The zero-order valence-electron chi connectivity index (χ0n) is 12.8. The van der Waals surface area contributed by atoms with Crippen LogP contribution in [0.25, 0.3) is 0 Å². The zero-order valence-corrected chi connectivity index (χ0v) is 13.6. The van der Waals surface area contributed by atoms with Crippen molar-refractivity contribution in [3.05, 3.63) is 66.2 Å². The molecule has 2 N–H and O–H groups in total. The summed E-state index contributed by atoms with van der Waals surface area (Å²) < 4.78 is 17.4. The molecule has 0 spiro atoms. The summed E-state index contributed by atoms with van der Waals surface area (Å²) in [6.07, 6.45) is -0.280. The highest BCUT2D eigenvalue weighted by Gasteiger charge is 2.48. The summed E-state index contributed by atoms with van der Waals surface area (Å²) in [5.41, 5.74) is 0.431. The number of ether oxygens (including phenoxy) is 1. The fourth-order valence-corrected chi connectivity index (χ4v) is 3.78. The number of hydrogen-bond donors (Lipinski definition) is 2. The predicted molar refractivity (Wildman–Crippen MR) is 87.1 cm³/mol. The molecule has 0 aliphatic carbocycles. The van der Waals surface area contributed by atoms with Gasteiger partial charge in [-0.2, -0.15) is 0 Å². The maximum Gasteiger partial charge on any atom is 0.336 e. The molecule has 1 unspecified atom stereocenters. The number of carbonyl (C=O) groups is 1. The summed E-state index contributed by atoms with van der Waals surface area (Å²) in [4.78, 5) is 32.0. The van der Waals surface area contributed by atoms with E-state index in [4.69, 9.17) is 4.74 Å². The second-order valence-electron chi connectivity index (χ2n) is 5.26. The molecule has 2 aromatic rings. The summed E-state index contributed by atoms with van der Waals surface area (Å²) >= 11 is 0. The van der Waals surface area contributed by atoms with Gasteiger partial charge in [-0.05, 0) is 24.1 Å². The lowest BCUT2D eigenvalue weighted by Gasteiger charge is -2.33. The summed E-state index contributed by atoms with van der Waals surface area (Å²) in [6.45, 7) is 1.65. The van der Waals surface area contributed by atoms with Crippen LogP contribution in [-0.4, -0.2) is 15.8 Å². The Morgan fingerprint density at radius 2 is 1.57 bits per heavy atom. The summed E-state index contributed by atoms with van der Waals surface area (Å²) in [6, 6.07) is 16.8. The average molecular weight is 334 g/mol. The minimum Gasteiger partial charge on any atom is -0.426 e. The second-order valence-corrected chi connectivity index (χ2v) is 7.20. The van der Waals surface area contributed by atoms with Gasteiger partial charge in [0.25, 0.3) is 0 Å². The lowest BCUT2D eigenvalue weighted by atomic mass is 9.92. The first-order valence-electron chi connectivity index (χ1n) is 7.26. The van der Waals surface area contributed by atoms with Crippen molar-refractivity contribution in [1.82, 2.24) is 0 Å². The minimum absolute atomic E-state index is 0.116. The number of carbonyl (C=O) groups excluding carboxylic acids is 1. The molecule has 5 nitrogen and oxygen atoms in total. The van der Waals surface area contributed by atoms with Gasteiger partial charge in [-0.1, -0.05) is 55.5 Å². The molecular formula is C17H19O5P. The van der Waals surface area contributed by atoms with E-state index in [2.05, 4.69) is 0 Å². The normalized spacial score (nSPS) is 14.0. The Morgan fingerprint density at radius 3 is 2.04 bits per heavy atom. The largest absolute Gasteiger partial charge is 0.426 e. The number of para-hydroxylation sites is 1. The third kappa shape index (κ3) is 3.88. The molecule has 0 fully saturated rings. The lowest BCUT2D eigenvalue weighted by molar-refractivity contribution is -0.135. The topological polar surface area (TPSA) is 83.8 Å². The quantitative estimate of drug-likeness (QED) is 0.480. The van der Waals surface area contributed by atoms with Crippen molar-refractivity contribution in [3.63, 3.8) is 0 Å². The van der Waals surface area contributed by atoms with Crippen molar-refractivity contribution < 1.29 is 23.9 Å². The summed E-state index contributed by atoms with van der Waals surface area (Å²) in [5, 5.41) is -1.58. The molecule has 2 aromatic carbocycles. The van der Waals surface area contributed by atoms with Gasteiger partial charge in [0.05, 0.1) is 6.42 Å². The Labute approximate surface area is 135 Å². The predicted octanol–water partition coefficient (Wildman–Crippen LogP) is 3.47. The van der Waals surface area contributed by atoms with E-state index in [1.807, 2.05) is 0 Å². The third-order valence-electron chi connectivity index (χ3n) is 3.87. The van der Waals surface area contributed by atoms with Crippen LogP contribution in [0.1, 0.15) is 25.3 Å². The molecule has 0 radical (unpaired) electrons. The Balaban J connectivity index is 2.32. The molecule has 0 aliphatic rings. The van der Waals surface area contributed by atoms with Crippen LogP contribution in [0.15, 0.2) is 60.7 Å². The van der Waals surface area contributed by atoms with E-state index in [0.29, 0.717) is 11.3 Å². The van der Waals surface area contributed by atoms with Gasteiger partial charge in [0.15, 0.2) is 0 Å². The van der Waals surface area contributed by atoms with Crippen LogP contribution in [0.3, 0.4) is 0 Å². The molecule has 0 amide bonds. The molecule has 0 heterocycles. The number of esters is 1. The van der Waals surface area contributed by atoms with Crippen LogP contribution in [0.5, 0.6) is 5.75 Å². The monoisotopic (exact) mass is 334 g/mol. The van der Waals surface area contributed by atoms with Crippen LogP contribution in [-0.2, 0) is 14.5 Å². The van der Waals surface area contributed by atoms with Gasteiger partial charge in [0.2, 0.25) is 0 Å². The van der Waals surface area contributed by atoms with E-state index in [9.17, 15) is 19.1 Å². The van der Waals surface area contributed by atoms with E-state index in [0.717, 1.165) is 0 Å². The molecule has 2 rings (SSSR count). The first-order chi connectivity index (χ1) is 10.9. The summed E-state index contributed by atoms with van der Waals surface area (Å²) in [5.74, 6) is -0.327. The van der Waals surface area contributed by atoms with Crippen molar-refractivity contribution in [2.75, 3.05) is 0 Å². The molecule has 0 saturated carbocycles. The molecule has 1 atom stereocenters. The minimum atomic E-state index is -4.59. The molecule has 122 valence electrons. The van der Waals surface area contributed by atoms with Crippen molar-refractivity contribution in [2.45, 2.75) is 24.9 Å². The van der Waals surface area contributed by atoms with Crippen LogP contribution < -0.4 is 4.74 Å². The molecular weight excluding hydrogens is 315 g/mol. The van der Waals surface area contributed by atoms with Crippen molar-refractivity contribution in [3.8, 4) is 5.75 Å². The van der Waals surface area contributed by atoms with Crippen LogP contribution >= 0.6 is 7.60 Å². The van der Waals surface area contributed by atoms with E-state index in [1.54, 1.807) is 67.6 Å². The molecule has 23 heavy (non-hydrogen) atoms. The molecule has 0 aliphatic heterocycles. The maximum absolute atomic E-state index is 12.2. The van der Waals surface area contributed by atoms with Gasteiger partial charge in [-0.15, -0.1) is 0 Å². The van der Waals surface area contributed by atoms with Gasteiger partial charge in [-0.25, -0.2) is 0 Å². The number of rotatable bonds is 6. The Hall–Kier alpha value is -1.94. The van der Waals surface area contributed by atoms with Crippen LogP contribution in [0.4, 0.5) is 0 Å². The summed E-state index contributed by atoms with van der Waals surface area (Å²) in [7, 11) is -4.59. The van der Waals surface area contributed by atoms with E-state index < -0.39 is 25.1 Å². The molecule has 0 bridgehead atoms. The Morgan fingerprint density at radius 1 is 1.04 bits per heavy atom.